The van der Waals surface area contributed by atoms with Crippen LogP contribution in [0.2, 0.25) is 5.02 Å². The van der Waals surface area contributed by atoms with Crippen LogP contribution in [0.5, 0.6) is 0 Å². The number of fused-ring (bicyclic) bond motifs is 1. The molecule has 3 nitrogen and oxygen atoms in total. The summed E-state index contributed by atoms with van der Waals surface area (Å²) in [5.41, 5.74) is 8.36. The van der Waals surface area contributed by atoms with Crippen LogP contribution >= 0.6 is 11.6 Å². The number of aromatic nitrogens is 2. The van der Waals surface area contributed by atoms with Crippen LogP contribution in [-0.2, 0) is 0 Å². The predicted octanol–water partition coefficient (Wildman–Crippen LogP) is 3.26. The van der Waals surface area contributed by atoms with Gasteiger partial charge in [0.05, 0.1) is 22.4 Å². The van der Waals surface area contributed by atoms with Gasteiger partial charge in [0.1, 0.15) is 0 Å². The third-order valence-electron chi connectivity index (χ3n) is 2.70. The Morgan fingerprint density at radius 1 is 1.06 bits per heavy atom. The molecule has 0 saturated heterocycles. The van der Waals surface area contributed by atoms with Gasteiger partial charge in [0.2, 0.25) is 0 Å². The van der Waals surface area contributed by atoms with Gasteiger partial charge in [-0.25, -0.2) is 4.68 Å². The van der Waals surface area contributed by atoms with Crippen LogP contribution in [0.15, 0.2) is 48.7 Å². The van der Waals surface area contributed by atoms with E-state index in [0.29, 0.717) is 5.02 Å². The fourth-order valence-electron chi connectivity index (χ4n) is 1.84. The summed E-state index contributed by atoms with van der Waals surface area (Å²) < 4.78 is 1.85. The van der Waals surface area contributed by atoms with E-state index in [-0.39, 0.29) is 0 Å². The van der Waals surface area contributed by atoms with Crippen molar-refractivity contribution in [1.29, 1.82) is 0 Å². The second-order valence-corrected chi connectivity index (χ2v) is 4.23. The van der Waals surface area contributed by atoms with E-state index in [1.54, 1.807) is 6.20 Å². The molecule has 1 aromatic heterocycles. The number of rotatable bonds is 1. The van der Waals surface area contributed by atoms with E-state index < -0.39 is 0 Å². The first-order valence-corrected chi connectivity index (χ1v) is 5.62. The number of nitrogens with zero attached hydrogens (tertiary/aromatic N) is 2. The maximum absolute atomic E-state index is 6.11. The first-order chi connectivity index (χ1) is 8.25. The van der Waals surface area contributed by atoms with Crippen molar-refractivity contribution in [3.05, 3.63) is 53.7 Å². The summed E-state index contributed by atoms with van der Waals surface area (Å²) in [7, 11) is 0. The van der Waals surface area contributed by atoms with E-state index in [1.807, 2.05) is 47.1 Å². The number of anilines is 1. The van der Waals surface area contributed by atoms with Crippen LogP contribution in [0, 0.1) is 0 Å². The Balaban J connectivity index is 2.24. The molecule has 0 aliphatic carbocycles. The minimum Gasteiger partial charge on any atom is -0.399 e. The highest BCUT2D eigenvalue weighted by Gasteiger charge is 2.06. The van der Waals surface area contributed by atoms with Crippen molar-refractivity contribution in [2.75, 3.05) is 5.73 Å². The zero-order chi connectivity index (χ0) is 11.8. The largest absolute Gasteiger partial charge is 0.399 e. The Labute approximate surface area is 103 Å². The van der Waals surface area contributed by atoms with Crippen LogP contribution in [0.3, 0.4) is 0 Å². The maximum Gasteiger partial charge on any atom is 0.0756 e. The number of nitrogens with two attached hydrogens (primary N) is 1. The van der Waals surface area contributed by atoms with Crippen molar-refractivity contribution < 1.29 is 0 Å². The minimum atomic E-state index is 0.712. The van der Waals surface area contributed by atoms with Gasteiger partial charge in [-0.05, 0) is 36.4 Å². The van der Waals surface area contributed by atoms with E-state index in [1.165, 1.54) is 0 Å². The molecule has 3 aromatic rings. The predicted molar refractivity (Wildman–Crippen MR) is 70.5 cm³/mol. The van der Waals surface area contributed by atoms with Crippen LogP contribution in [0.4, 0.5) is 5.69 Å². The normalized spacial score (nSPS) is 10.9. The van der Waals surface area contributed by atoms with Gasteiger partial charge in [-0.15, -0.1) is 0 Å². The highest BCUT2D eigenvalue weighted by Crippen LogP contribution is 2.25. The molecule has 2 aromatic carbocycles. The van der Waals surface area contributed by atoms with Crippen molar-refractivity contribution in [2.45, 2.75) is 0 Å². The third-order valence-corrected chi connectivity index (χ3v) is 3.03. The van der Waals surface area contributed by atoms with Gasteiger partial charge in [0.15, 0.2) is 0 Å². The van der Waals surface area contributed by atoms with Crippen LogP contribution < -0.4 is 5.73 Å². The molecule has 0 radical (unpaired) electrons. The minimum absolute atomic E-state index is 0.712. The first kappa shape index (κ1) is 10.2. The molecular formula is C13H10ClN3. The molecule has 2 N–H and O–H groups in total. The average molecular weight is 244 g/mol. The third kappa shape index (κ3) is 1.65. The smallest absolute Gasteiger partial charge is 0.0756 e. The van der Waals surface area contributed by atoms with Gasteiger partial charge in [-0.3, -0.25) is 0 Å². The number of benzene rings is 2. The summed E-state index contributed by atoms with van der Waals surface area (Å²) in [6.45, 7) is 0. The molecule has 0 aliphatic rings. The summed E-state index contributed by atoms with van der Waals surface area (Å²) in [6, 6.07) is 13.3. The van der Waals surface area contributed by atoms with Gasteiger partial charge in [0, 0.05) is 11.1 Å². The molecule has 4 heteroatoms. The summed E-state index contributed by atoms with van der Waals surface area (Å²) in [6.07, 6.45) is 1.77. The second kappa shape index (κ2) is 3.79. The monoisotopic (exact) mass is 243 g/mol. The number of hydrogen-bond acceptors (Lipinski definition) is 2. The number of nitrogen functional groups attached to an aromatic ring is 1. The van der Waals surface area contributed by atoms with E-state index in [9.17, 15) is 0 Å². The van der Waals surface area contributed by atoms with Crippen molar-refractivity contribution in [1.82, 2.24) is 9.78 Å². The highest BCUT2D eigenvalue weighted by atomic mass is 35.5. The Bertz CT molecular complexity index is 671. The molecule has 0 spiro atoms. The second-order valence-electron chi connectivity index (χ2n) is 3.82. The lowest BCUT2D eigenvalue weighted by atomic mass is 10.2. The highest BCUT2D eigenvalue weighted by molar-refractivity contribution is 6.35. The van der Waals surface area contributed by atoms with E-state index in [2.05, 4.69) is 5.10 Å². The van der Waals surface area contributed by atoms with Crippen molar-refractivity contribution in [2.24, 2.45) is 0 Å². The topological polar surface area (TPSA) is 43.8 Å². The fourth-order valence-corrected chi connectivity index (χ4v) is 2.06. The molecule has 84 valence electrons. The summed E-state index contributed by atoms with van der Waals surface area (Å²) in [5, 5.41) is 6.01. The maximum atomic E-state index is 6.11. The Kier molecular flexibility index (Phi) is 2.27. The number of halogens is 1. The Morgan fingerprint density at radius 2 is 1.82 bits per heavy atom. The zero-order valence-electron chi connectivity index (χ0n) is 8.97. The molecule has 0 bridgehead atoms. The van der Waals surface area contributed by atoms with Gasteiger partial charge >= 0.3 is 0 Å². The SMILES string of the molecule is Nc1ccc(-n2ncc3c(Cl)cccc32)cc1. The molecule has 0 amide bonds. The average Bonchev–Trinajstić information content (AvgIpc) is 2.75. The van der Waals surface area contributed by atoms with Gasteiger partial charge in [-0.1, -0.05) is 17.7 Å². The van der Waals surface area contributed by atoms with Crippen LogP contribution in [-0.4, -0.2) is 9.78 Å². The quantitative estimate of drug-likeness (QED) is 0.667. The Hall–Kier alpha value is -2.00. The lowest BCUT2D eigenvalue weighted by molar-refractivity contribution is 0.911. The summed E-state index contributed by atoms with van der Waals surface area (Å²) in [5.74, 6) is 0. The van der Waals surface area contributed by atoms with E-state index in [0.717, 1.165) is 22.3 Å². The fraction of sp³-hybridized carbons (Fsp3) is 0. The lowest BCUT2D eigenvalue weighted by Gasteiger charge is -2.03. The van der Waals surface area contributed by atoms with Crippen molar-refractivity contribution in [3.63, 3.8) is 0 Å². The van der Waals surface area contributed by atoms with Crippen LogP contribution in [0.25, 0.3) is 16.6 Å². The summed E-state index contributed by atoms with van der Waals surface area (Å²) >= 11 is 6.11. The molecule has 0 unspecified atom stereocenters. The van der Waals surface area contributed by atoms with Gasteiger partial charge in [-0.2, -0.15) is 5.10 Å². The van der Waals surface area contributed by atoms with Crippen molar-refractivity contribution >= 4 is 28.2 Å². The lowest BCUT2D eigenvalue weighted by Crippen LogP contribution is -1.96. The molecule has 17 heavy (non-hydrogen) atoms. The van der Waals surface area contributed by atoms with Crippen LogP contribution in [0.1, 0.15) is 0 Å². The Morgan fingerprint density at radius 3 is 2.59 bits per heavy atom. The van der Waals surface area contributed by atoms with E-state index >= 15 is 0 Å². The van der Waals surface area contributed by atoms with E-state index in [4.69, 9.17) is 17.3 Å². The molecule has 1 heterocycles. The first-order valence-electron chi connectivity index (χ1n) is 5.24. The molecule has 0 atom stereocenters. The summed E-state index contributed by atoms with van der Waals surface area (Å²) in [4.78, 5) is 0. The van der Waals surface area contributed by atoms with Gasteiger partial charge < -0.3 is 5.73 Å². The number of hydrogen-bond donors (Lipinski definition) is 1. The molecule has 0 fully saturated rings. The zero-order valence-corrected chi connectivity index (χ0v) is 9.72. The van der Waals surface area contributed by atoms with Crippen molar-refractivity contribution in [3.8, 4) is 5.69 Å². The molecule has 0 saturated carbocycles. The standard InChI is InChI=1S/C13H10ClN3/c14-12-2-1-3-13-11(12)8-16-17(13)10-6-4-9(15)5-7-10/h1-8H,15H2. The molecular weight excluding hydrogens is 234 g/mol. The molecule has 3 rings (SSSR count). The molecule has 0 aliphatic heterocycles. The van der Waals surface area contributed by atoms with Gasteiger partial charge in [0.25, 0.3) is 0 Å².